The van der Waals surface area contributed by atoms with E-state index in [2.05, 4.69) is 34.4 Å². The van der Waals surface area contributed by atoms with Crippen LogP contribution in [0.2, 0.25) is 0 Å². The van der Waals surface area contributed by atoms with E-state index in [1.165, 1.54) is 12.1 Å². The van der Waals surface area contributed by atoms with Crippen molar-refractivity contribution in [3.63, 3.8) is 0 Å². The molecule has 2 aliphatic rings. The van der Waals surface area contributed by atoms with Crippen molar-refractivity contribution < 1.29 is 27.9 Å². The second-order valence-electron chi connectivity index (χ2n) is 10.8. The molecule has 2 heterocycles. The van der Waals surface area contributed by atoms with Crippen LogP contribution >= 0.6 is 11.3 Å². The standard InChI is InChI=1S/C27H35F3N4O3S/c1-17(2)12-24-31-14-22(38-24)26(37)9-6-21(7-10-26)34-11-8-20(16-34)33-23(35)15-32-25(36)18-4-3-5-19(13-18)27(28,29)30/h3-5,13-14,17,20-21,37H,6-12,15-16H2,1-2H3,(H,32,36)(H,33,35)/t20-,21?,26?/m1/s1. The second kappa shape index (κ2) is 11.7. The summed E-state index contributed by atoms with van der Waals surface area (Å²) in [5, 5.41) is 17.7. The van der Waals surface area contributed by atoms with Crippen molar-refractivity contribution in [2.75, 3.05) is 19.6 Å². The van der Waals surface area contributed by atoms with E-state index in [0.717, 1.165) is 54.2 Å². The molecule has 1 atom stereocenters. The number of thiazole rings is 1. The Balaban J connectivity index is 1.21. The van der Waals surface area contributed by atoms with Crippen LogP contribution in [0.15, 0.2) is 30.5 Å². The summed E-state index contributed by atoms with van der Waals surface area (Å²) in [6.45, 7) is 5.53. The molecule has 0 bridgehead atoms. The lowest BCUT2D eigenvalue weighted by Gasteiger charge is -2.39. The van der Waals surface area contributed by atoms with Crippen LogP contribution in [0, 0.1) is 5.92 Å². The molecule has 3 N–H and O–H groups in total. The van der Waals surface area contributed by atoms with Crippen LogP contribution in [-0.2, 0) is 23.0 Å². The largest absolute Gasteiger partial charge is 0.416 e. The Bertz CT molecular complexity index is 1130. The summed E-state index contributed by atoms with van der Waals surface area (Å²) in [5.41, 5.74) is -1.88. The number of hydrogen-bond donors (Lipinski definition) is 3. The molecule has 2 aromatic rings. The van der Waals surface area contributed by atoms with Crippen molar-refractivity contribution in [3.8, 4) is 0 Å². The van der Waals surface area contributed by atoms with Gasteiger partial charge in [0.15, 0.2) is 0 Å². The van der Waals surface area contributed by atoms with Crippen molar-refractivity contribution in [2.45, 2.75) is 76.2 Å². The van der Waals surface area contributed by atoms with Crippen molar-refractivity contribution in [2.24, 2.45) is 5.92 Å². The summed E-state index contributed by atoms with van der Waals surface area (Å²) < 4.78 is 38.6. The van der Waals surface area contributed by atoms with Gasteiger partial charge in [-0.1, -0.05) is 19.9 Å². The summed E-state index contributed by atoms with van der Waals surface area (Å²) in [6.07, 6.45) is 2.06. The molecule has 2 amide bonds. The van der Waals surface area contributed by atoms with Crippen LogP contribution in [0.5, 0.6) is 0 Å². The van der Waals surface area contributed by atoms with Crippen LogP contribution in [0.1, 0.15) is 71.8 Å². The van der Waals surface area contributed by atoms with Crippen molar-refractivity contribution in [1.82, 2.24) is 20.5 Å². The number of aromatic nitrogens is 1. The summed E-state index contributed by atoms with van der Waals surface area (Å²) in [4.78, 5) is 32.4. The summed E-state index contributed by atoms with van der Waals surface area (Å²) in [7, 11) is 0. The zero-order valence-electron chi connectivity index (χ0n) is 21.7. The number of carbonyl (C=O) groups is 2. The van der Waals surface area contributed by atoms with Gasteiger partial charge in [-0.05, 0) is 56.2 Å². The van der Waals surface area contributed by atoms with E-state index in [9.17, 15) is 27.9 Å². The number of nitrogens with one attached hydrogen (secondary N) is 2. The Morgan fingerprint density at radius 1 is 1.24 bits per heavy atom. The molecule has 0 unspecified atom stereocenters. The smallest absolute Gasteiger partial charge is 0.384 e. The SMILES string of the molecule is CC(C)Cc1ncc(C2(O)CCC(N3CC[C@@H](NC(=O)CNC(=O)c4cccc(C(F)(F)F)c4)C3)CC2)s1. The minimum atomic E-state index is -4.54. The highest BCUT2D eigenvalue weighted by Crippen LogP contribution is 2.41. The second-order valence-corrected chi connectivity index (χ2v) is 11.9. The number of rotatable bonds is 8. The van der Waals surface area contributed by atoms with Gasteiger partial charge < -0.3 is 15.7 Å². The van der Waals surface area contributed by atoms with Gasteiger partial charge in [0.25, 0.3) is 5.91 Å². The van der Waals surface area contributed by atoms with Crippen molar-refractivity contribution >= 4 is 23.2 Å². The van der Waals surface area contributed by atoms with Gasteiger partial charge in [0.2, 0.25) is 5.91 Å². The fourth-order valence-corrected chi connectivity index (χ4v) is 6.55. The predicted octanol–water partition coefficient (Wildman–Crippen LogP) is 4.11. The first-order chi connectivity index (χ1) is 17.9. The minimum absolute atomic E-state index is 0.0612. The Morgan fingerprint density at radius 3 is 2.66 bits per heavy atom. The molecule has 208 valence electrons. The summed E-state index contributed by atoms with van der Waals surface area (Å²) in [5.74, 6) is -0.585. The van der Waals surface area contributed by atoms with Gasteiger partial charge in [0, 0.05) is 43.4 Å². The number of aliphatic hydroxyl groups is 1. The van der Waals surface area contributed by atoms with Gasteiger partial charge in [-0.3, -0.25) is 14.5 Å². The number of hydrogen-bond acceptors (Lipinski definition) is 6. The number of nitrogens with zero attached hydrogens (tertiary/aromatic N) is 2. The predicted molar refractivity (Wildman–Crippen MR) is 139 cm³/mol. The molecule has 11 heteroatoms. The molecule has 1 saturated heterocycles. The highest BCUT2D eigenvalue weighted by molar-refractivity contribution is 7.11. The van der Waals surface area contributed by atoms with Crippen molar-refractivity contribution in [1.29, 1.82) is 0 Å². The Hall–Kier alpha value is -2.50. The number of likely N-dealkylation sites (tertiary alicyclic amines) is 1. The van der Waals surface area contributed by atoms with E-state index in [1.54, 1.807) is 11.3 Å². The number of carbonyl (C=O) groups excluding carboxylic acids is 2. The highest BCUT2D eigenvalue weighted by atomic mass is 32.1. The number of benzene rings is 1. The average Bonchev–Trinajstić information content (AvgIpc) is 3.52. The zero-order valence-corrected chi connectivity index (χ0v) is 22.5. The lowest BCUT2D eigenvalue weighted by atomic mass is 9.81. The molecular formula is C27H35F3N4O3S. The third kappa shape index (κ3) is 7.12. The first-order valence-corrected chi connectivity index (χ1v) is 13.9. The average molecular weight is 553 g/mol. The number of alkyl halides is 3. The maximum absolute atomic E-state index is 12.9. The minimum Gasteiger partial charge on any atom is -0.384 e. The topological polar surface area (TPSA) is 94.6 Å². The van der Waals surface area contributed by atoms with Gasteiger partial charge in [0.05, 0.1) is 22.0 Å². The Morgan fingerprint density at radius 2 is 1.97 bits per heavy atom. The molecule has 0 spiro atoms. The maximum Gasteiger partial charge on any atom is 0.416 e. The lowest BCUT2D eigenvalue weighted by Crippen LogP contribution is -2.45. The first-order valence-electron chi connectivity index (χ1n) is 13.1. The van der Waals surface area contributed by atoms with Crippen LogP contribution in [0.4, 0.5) is 13.2 Å². The van der Waals surface area contributed by atoms with E-state index in [-0.39, 0.29) is 24.1 Å². The molecule has 1 aromatic carbocycles. The molecule has 4 rings (SSSR count). The molecule has 2 fully saturated rings. The molecular weight excluding hydrogens is 517 g/mol. The zero-order chi connectivity index (χ0) is 27.5. The van der Waals surface area contributed by atoms with Gasteiger partial charge in [-0.15, -0.1) is 11.3 Å². The summed E-state index contributed by atoms with van der Waals surface area (Å²) >= 11 is 1.61. The quantitative estimate of drug-likeness (QED) is 0.458. The number of amides is 2. The normalized spacial score (nSPS) is 24.5. The monoisotopic (exact) mass is 552 g/mol. The maximum atomic E-state index is 12.9. The molecule has 1 aliphatic heterocycles. The molecule has 38 heavy (non-hydrogen) atoms. The van der Waals surface area contributed by atoms with Crippen LogP contribution in [0.25, 0.3) is 0 Å². The Labute approximate surface area is 224 Å². The van der Waals surface area contributed by atoms with Gasteiger partial charge >= 0.3 is 6.18 Å². The van der Waals surface area contributed by atoms with E-state index in [4.69, 9.17) is 0 Å². The van der Waals surface area contributed by atoms with E-state index < -0.39 is 23.2 Å². The van der Waals surface area contributed by atoms with Crippen LogP contribution in [-0.4, -0.2) is 58.5 Å². The van der Waals surface area contributed by atoms with Gasteiger partial charge in [0.1, 0.15) is 5.60 Å². The lowest BCUT2D eigenvalue weighted by molar-refractivity contribution is -0.137. The third-order valence-electron chi connectivity index (χ3n) is 7.34. The van der Waals surface area contributed by atoms with Gasteiger partial charge in [-0.25, -0.2) is 4.98 Å². The molecule has 1 aliphatic carbocycles. The number of halogens is 3. The third-order valence-corrected chi connectivity index (χ3v) is 8.55. The van der Waals surface area contributed by atoms with E-state index in [0.29, 0.717) is 31.3 Å². The fraction of sp³-hybridized carbons (Fsp3) is 0.593. The van der Waals surface area contributed by atoms with Crippen molar-refractivity contribution in [3.05, 3.63) is 51.5 Å². The first kappa shape index (κ1) is 28.5. The van der Waals surface area contributed by atoms with E-state index in [1.807, 2.05) is 6.20 Å². The van der Waals surface area contributed by atoms with Gasteiger partial charge in [-0.2, -0.15) is 13.2 Å². The van der Waals surface area contributed by atoms with E-state index >= 15 is 0 Å². The summed E-state index contributed by atoms with van der Waals surface area (Å²) in [6, 6.07) is 4.38. The molecule has 7 nitrogen and oxygen atoms in total. The fourth-order valence-electron chi connectivity index (χ4n) is 5.28. The molecule has 1 saturated carbocycles. The van der Waals surface area contributed by atoms with Crippen LogP contribution < -0.4 is 10.6 Å². The Kier molecular flexibility index (Phi) is 8.78. The molecule has 0 radical (unpaired) electrons. The molecule has 1 aromatic heterocycles. The highest BCUT2D eigenvalue weighted by Gasteiger charge is 2.40. The van der Waals surface area contributed by atoms with Crippen LogP contribution in [0.3, 0.4) is 0 Å².